The van der Waals surface area contributed by atoms with Gasteiger partial charge in [0.2, 0.25) is 0 Å². The fraction of sp³-hybridized carbons (Fsp3) is 0.133. The van der Waals surface area contributed by atoms with Crippen molar-refractivity contribution in [1.29, 1.82) is 0 Å². The predicted octanol–water partition coefficient (Wildman–Crippen LogP) is 4.34. The second-order valence-electron chi connectivity index (χ2n) is 4.59. The zero-order chi connectivity index (χ0) is 13.6. The van der Waals surface area contributed by atoms with Crippen LogP contribution in [0.1, 0.15) is 33.8 Å². The van der Waals surface area contributed by atoms with Gasteiger partial charge in [0.15, 0.2) is 17.4 Å². The highest BCUT2D eigenvalue weighted by Crippen LogP contribution is 2.39. The molecule has 0 aromatic heterocycles. The number of Topliss-reactive ketones (excluding diaryl/α,β-unsaturated/α-hetero) is 1. The monoisotopic (exact) mass is 278 g/mol. The fourth-order valence-electron chi connectivity index (χ4n) is 2.49. The van der Waals surface area contributed by atoms with Crippen LogP contribution in [0.5, 0.6) is 0 Å². The number of carbonyl (C=O) groups excluding carboxylic acids is 1. The number of halogens is 3. The molecule has 1 unspecified atom stereocenters. The molecular formula is C15H9ClF2O. The Morgan fingerprint density at radius 1 is 1.05 bits per heavy atom. The minimum Gasteiger partial charge on any atom is -0.294 e. The van der Waals surface area contributed by atoms with Gasteiger partial charge in [0.1, 0.15) is 0 Å². The molecule has 0 radical (unpaired) electrons. The van der Waals surface area contributed by atoms with Crippen molar-refractivity contribution in [3.05, 3.63) is 69.7 Å². The van der Waals surface area contributed by atoms with Gasteiger partial charge >= 0.3 is 0 Å². The summed E-state index contributed by atoms with van der Waals surface area (Å²) >= 11 is 5.82. The third-order valence-corrected chi connectivity index (χ3v) is 3.68. The average molecular weight is 279 g/mol. The van der Waals surface area contributed by atoms with Crippen molar-refractivity contribution >= 4 is 17.4 Å². The molecule has 1 aliphatic carbocycles. The van der Waals surface area contributed by atoms with E-state index in [1.807, 2.05) is 0 Å². The minimum absolute atomic E-state index is 0.158. The Labute approximate surface area is 113 Å². The third-order valence-electron chi connectivity index (χ3n) is 3.43. The van der Waals surface area contributed by atoms with Gasteiger partial charge in [0.05, 0.1) is 0 Å². The van der Waals surface area contributed by atoms with Gasteiger partial charge in [-0.25, -0.2) is 8.78 Å². The van der Waals surface area contributed by atoms with E-state index >= 15 is 0 Å². The van der Waals surface area contributed by atoms with Crippen LogP contribution in [-0.2, 0) is 0 Å². The summed E-state index contributed by atoms with van der Waals surface area (Å²) in [6.07, 6.45) is 0.236. The highest BCUT2D eigenvalue weighted by Gasteiger charge is 2.31. The van der Waals surface area contributed by atoms with E-state index in [-0.39, 0.29) is 23.7 Å². The van der Waals surface area contributed by atoms with Gasteiger partial charge in [-0.05, 0) is 35.4 Å². The minimum atomic E-state index is -0.983. The summed E-state index contributed by atoms with van der Waals surface area (Å²) in [4.78, 5) is 11.9. The topological polar surface area (TPSA) is 17.1 Å². The molecule has 0 bridgehead atoms. The number of rotatable bonds is 1. The maximum atomic E-state index is 13.3. The molecule has 3 rings (SSSR count). The summed E-state index contributed by atoms with van der Waals surface area (Å²) in [5.41, 5.74) is 1.70. The summed E-state index contributed by atoms with van der Waals surface area (Å²) < 4.78 is 26.5. The Hall–Kier alpha value is -1.74. The van der Waals surface area contributed by atoms with Crippen LogP contribution >= 0.6 is 11.6 Å². The second kappa shape index (κ2) is 4.42. The van der Waals surface area contributed by atoms with Crippen LogP contribution in [0.15, 0.2) is 36.4 Å². The molecule has 96 valence electrons. The number of benzene rings is 2. The molecule has 0 spiro atoms. The molecule has 0 fully saturated rings. The molecule has 0 saturated heterocycles. The van der Waals surface area contributed by atoms with E-state index in [0.29, 0.717) is 10.6 Å². The van der Waals surface area contributed by atoms with Gasteiger partial charge in [-0.2, -0.15) is 0 Å². The van der Waals surface area contributed by atoms with Crippen LogP contribution in [0.2, 0.25) is 5.02 Å². The van der Waals surface area contributed by atoms with Gasteiger partial charge in [-0.15, -0.1) is 0 Å². The van der Waals surface area contributed by atoms with E-state index in [9.17, 15) is 13.6 Å². The summed E-state index contributed by atoms with van der Waals surface area (Å²) in [7, 11) is 0. The molecule has 2 aromatic rings. The van der Waals surface area contributed by atoms with Gasteiger partial charge in [-0.3, -0.25) is 4.79 Å². The van der Waals surface area contributed by atoms with Crippen LogP contribution in [0.3, 0.4) is 0 Å². The van der Waals surface area contributed by atoms with Crippen molar-refractivity contribution in [2.75, 3.05) is 0 Å². The van der Waals surface area contributed by atoms with E-state index < -0.39 is 11.6 Å². The molecule has 1 nitrogen and oxygen atoms in total. The van der Waals surface area contributed by atoms with Crippen LogP contribution in [0.25, 0.3) is 0 Å². The lowest BCUT2D eigenvalue weighted by molar-refractivity contribution is 0.0991. The smallest absolute Gasteiger partial charge is 0.164 e. The van der Waals surface area contributed by atoms with Crippen molar-refractivity contribution in [1.82, 2.24) is 0 Å². The largest absolute Gasteiger partial charge is 0.294 e. The van der Waals surface area contributed by atoms with Crippen LogP contribution in [-0.4, -0.2) is 5.78 Å². The first-order chi connectivity index (χ1) is 9.06. The first kappa shape index (κ1) is 12.3. The quantitative estimate of drug-likeness (QED) is 0.758. The zero-order valence-corrected chi connectivity index (χ0v) is 10.5. The molecule has 19 heavy (non-hydrogen) atoms. The Balaban J connectivity index is 2.11. The van der Waals surface area contributed by atoms with Gasteiger partial charge in [-0.1, -0.05) is 23.7 Å². The first-order valence-corrected chi connectivity index (χ1v) is 6.21. The van der Waals surface area contributed by atoms with Gasteiger partial charge < -0.3 is 0 Å². The molecule has 1 aliphatic rings. The number of carbonyl (C=O) groups is 1. The van der Waals surface area contributed by atoms with E-state index in [1.165, 1.54) is 0 Å². The molecular weight excluding hydrogens is 270 g/mol. The van der Waals surface area contributed by atoms with Crippen molar-refractivity contribution in [3.8, 4) is 0 Å². The van der Waals surface area contributed by atoms with Crippen molar-refractivity contribution < 1.29 is 13.6 Å². The number of fused-ring (bicyclic) bond motifs is 1. The predicted molar refractivity (Wildman–Crippen MR) is 68.6 cm³/mol. The first-order valence-electron chi connectivity index (χ1n) is 5.84. The van der Waals surface area contributed by atoms with E-state index in [4.69, 9.17) is 11.6 Å². The van der Waals surface area contributed by atoms with E-state index in [1.54, 1.807) is 24.3 Å². The number of ketones is 1. The average Bonchev–Trinajstić information content (AvgIpc) is 2.69. The maximum Gasteiger partial charge on any atom is 0.164 e. The molecule has 0 heterocycles. The highest BCUT2D eigenvalue weighted by atomic mass is 35.5. The lowest BCUT2D eigenvalue weighted by Crippen LogP contribution is -1.97. The summed E-state index contributed by atoms with van der Waals surface area (Å²) in [6, 6.07) is 9.16. The molecule has 0 saturated carbocycles. The SMILES string of the molecule is O=C1CC(c2ccc(Cl)cc2)c2cc(F)c(F)cc21. The summed E-state index contributed by atoms with van der Waals surface area (Å²) in [6.45, 7) is 0. The fourth-order valence-corrected chi connectivity index (χ4v) is 2.62. The summed E-state index contributed by atoms with van der Waals surface area (Å²) in [5, 5.41) is 0.596. The standard InChI is InChI=1S/C15H9ClF2O/c16-9-3-1-8(2-4-9)10-7-15(19)12-6-14(18)13(17)5-11(10)12/h1-6,10H,7H2. The Morgan fingerprint density at radius 2 is 1.68 bits per heavy atom. The molecule has 4 heteroatoms. The maximum absolute atomic E-state index is 13.3. The van der Waals surface area contributed by atoms with Crippen molar-refractivity contribution in [2.45, 2.75) is 12.3 Å². The number of hydrogen-bond acceptors (Lipinski definition) is 1. The van der Waals surface area contributed by atoms with Crippen LogP contribution in [0.4, 0.5) is 8.78 Å². The molecule has 2 aromatic carbocycles. The van der Waals surface area contributed by atoms with Gasteiger partial charge in [0.25, 0.3) is 0 Å². The molecule has 0 amide bonds. The highest BCUT2D eigenvalue weighted by molar-refractivity contribution is 6.30. The van der Waals surface area contributed by atoms with Crippen LogP contribution < -0.4 is 0 Å². The zero-order valence-electron chi connectivity index (χ0n) is 9.79. The van der Waals surface area contributed by atoms with E-state index in [0.717, 1.165) is 17.7 Å². The van der Waals surface area contributed by atoms with E-state index in [2.05, 4.69) is 0 Å². The Bertz CT molecular complexity index is 665. The Kier molecular flexibility index (Phi) is 2.86. The molecule has 1 atom stereocenters. The molecule has 0 aliphatic heterocycles. The third kappa shape index (κ3) is 2.04. The van der Waals surface area contributed by atoms with Crippen molar-refractivity contribution in [2.24, 2.45) is 0 Å². The van der Waals surface area contributed by atoms with Gasteiger partial charge in [0, 0.05) is 22.9 Å². The molecule has 0 N–H and O–H groups in total. The van der Waals surface area contributed by atoms with Crippen molar-refractivity contribution in [3.63, 3.8) is 0 Å². The second-order valence-corrected chi connectivity index (χ2v) is 5.02. The lowest BCUT2D eigenvalue weighted by Gasteiger charge is -2.11. The lowest BCUT2D eigenvalue weighted by atomic mass is 9.93. The number of hydrogen-bond donors (Lipinski definition) is 0. The Morgan fingerprint density at radius 3 is 2.37 bits per heavy atom. The van der Waals surface area contributed by atoms with Crippen LogP contribution in [0, 0.1) is 11.6 Å². The normalized spacial score (nSPS) is 17.6. The summed E-state index contributed by atoms with van der Waals surface area (Å²) in [5.74, 6) is -2.29.